The van der Waals surface area contributed by atoms with Crippen LogP contribution in [0.15, 0.2) is 30.3 Å². The van der Waals surface area contributed by atoms with E-state index in [1.807, 2.05) is 0 Å². The van der Waals surface area contributed by atoms with Gasteiger partial charge in [0, 0.05) is 5.56 Å². The van der Waals surface area contributed by atoms with Crippen molar-refractivity contribution >= 4 is 11.9 Å². The van der Waals surface area contributed by atoms with E-state index in [-0.39, 0.29) is 26.1 Å². The van der Waals surface area contributed by atoms with Crippen molar-refractivity contribution in [2.75, 3.05) is 13.2 Å². The van der Waals surface area contributed by atoms with Gasteiger partial charge in [0.1, 0.15) is 0 Å². The van der Waals surface area contributed by atoms with E-state index in [0.29, 0.717) is 5.56 Å². The molecular formula is C18H20N2O4. The van der Waals surface area contributed by atoms with Gasteiger partial charge in [0.25, 0.3) is 0 Å². The summed E-state index contributed by atoms with van der Waals surface area (Å²) in [5.41, 5.74) is -1.23. The van der Waals surface area contributed by atoms with Gasteiger partial charge in [-0.15, -0.1) is 0 Å². The molecule has 6 heteroatoms. The lowest BCUT2D eigenvalue weighted by molar-refractivity contribution is -0.149. The van der Waals surface area contributed by atoms with Crippen LogP contribution in [-0.2, 0) is 19.1 Å². The quantitative estimate of drug-likeness (QED) is 0.543. The first-order chi connectivity index (χ1) is 11.6. The topological polar surface area (TPSA) is 61.3 Å². The number of hydrogen-bond acceptors (Lipinski definition) is 4. The van der Waals surface area contributed by atoms with Gasteiger partial charge < -0.3 is 9.47 Å². The van der Waals surface area contributed by atoms with Crippen molar-refractivity contribution in [1.29, 1.82) is 0 Å². The first-order valence-electron chi connectivity index (χ1n) is 7.68. The van der Waals surface area contributed by atoms with Crippen LogP contribution in [0.1, 0.15) is 38.3 Å². The van der Waals surface area contributed by atoms with E-state index in [1.165, 1.54) is 0 Å². The van der Waals surface area contributed by atoms with E-state index in [4.69, 9.17) is 22.6 Å². The summed E-state index contributed by atoms with van der Waals surface area (Å²) in [7, 11) is 0. The third kappa shape index (κ3) is 4.33. The Balaban J connectivity index is 3.25. The van der Waals surface area contributed by atoms with Crippen LogP contribution in [-0.4, -0.2) is 30.7 Å². The van der Waals surface area contributed by atoms with Gasteiger partial charge in [-0.25, -0.2) is 17.9 Å². The zero-order valence-electron chi connectivity index (χ0n) is 13.8. The van der Waals surface area contributed by atoms with Crippen molar-refractivity contribution in [1.82, 2.24) is 0 Å². The van der Waals surface area contributed by atoms with Crippen molar-refractivity contribution < 1.29 is 19.1 Å². The van der Waals surface area contributed by atoms with Crippen LogP contribution in [0.4, 0.5) is 0 Å². The van der Waals surface area contributed by atoms with E-state index in [9.17, 15) is 9.59 Å². The molecule has 0 N–H and O–H groups in total. The second-order valence-corrected chi connectivity index (χ2v) is 5.00. The third-order valence-electron chi connectivity index (χ3n) is 3.54. The van der Waals surface area contributed by atoms with Crippen LogP contribution in [0, 0.1) is 13.1 Å². The Kier molecular flexibility index (Phi) is 7.45. The molecule has 0 amide bonds. The fourth-order valence-corrected chi connectivity index (χ4v) is 2.39. The number of esters is 2. The predicted molar refractivity (Wildman–Crippen MR) is 87.6 cm³/mol. The largest absolute Gasteiger partial charge is 0.466 e. The highest BCUT2D eigenvalue weighted by Gasteiger charge is 2.60. The molecule has 2 unspecified atom stereocenters. The van der Waals surface area contributed by atoms with E-state index >= 15 is 0 Å². The monoisotopic (exact) mass is 328 g/mol. The Morgan fingerprint density at radius 3 is 2.25 bits per heavy atom. The van der Waals surface area contributed by atoms with Gasteiger partial charge in [0.15, 0.2) is 0 Å². The van der Waals surface area contributed by atoms with Gasteiger partial charge in [0.2, 0.25) is 0 Å². The lowest BCUT2D eigenvalue weighted by atomic mass is 9.82. The number of hydrogen-bond donors (Lipinski definition) is 0. The molecule has 1 aromatic rings. The molecule has 0 saturated carbocycles. The molecule has 0 aromatic heterocycles. The summed E-state index contributed by atoms with van der Waals surface area (Å²) >= 11 is 0. The van der Waals surface area contributed by atoms with Crippen molar-refractivity contribution in [2.45, 2.75) is 38.3 Å². The Hall–Kier alpha value is -2.86. The number of nitrogens with zero attached hydrogens (tertiary/aromatic N) is 2. The number of benzene rings is 1. The summed E-state index contributed by atoms with van der Waals surface area (Å²) in [5, 5.41) is 0. The van der Waals surface area contributed by atoms with Gasteiger partial charge >= 0.3 is 23.5 Å². The van der Waals surface area contributed by atoms with Gasteiger partial charge in [-0.05, 0) is 13.8 Å². The Bertz CT molecular complexity index is 645. The molecule has 0 saturated heterocycles. The SMILES string of the molecule is [C-]#[N+]C(c1ccccc1)C(CCC(=O)OCC)([N+]#[C-])C(=O)OCC. The molecule has 126 valence electrons. The molecule has 2 atom stereocenters. The van der Waals surface area contributed by atoms with Crippen LogP contribution < -0.4 is 0 Å². The van der Waals surface area contributed by atoms with E-state index in [0.717, 1.165) is 0 Å². The maximum absolute atomic E-state index is 12.5. The van der Waals surface area contributed by atoms with Crippen molar-refractivity contribution in [3.63, 3.8) is 0 Å². The summed E-state index contributed by atoms with van der Waals surface area (Å²) < 4.78 is 9.92. The molecular weight excluding hydrogens is 308 g/mol. The van der Waals surface area contributed by atoms with Gasteiger partial charge in [-0.2, -0.15) is 0 Å². The second-order valence-electron chi connectivity index (χ2n) is 5.00. The average molecular weight is 328 g/mol. The molecule has 1 rings (SSSR count). The lowest BCUT2D eigenvalue weighted by Gasteiger charge is -2.21. The maximum atomic E-state index is 12.5. The summed E-state index contributed by atoms with van der Waals surface area (Å²) in [6.45, 7) is 18.7. The second kappa shape index (κ2) is 9.32. The normalized spacial score (nSPS) is 13.7. The minimum Gasteiger partial charge on any atom is -0.466 e. The van der Waals surface area contributed by atoms with Crippen LogP contribution >= 0.6 is 0 Å². The predicted octanol–water partition coefficient (Wildman–Crippen LogP) is 3.21. The van der Waals surface area contributed by atoms with Crippen molar-refractivity contribution in [3.05, 3.63) is 58.7 Å². The van der Waals surface area contributed by atoms with Gasteiger partial charge in [-0.3, -0.25) is 14.5 Å². The smallest absolute Gasteiger partial charge is 0.403 e. The summed E-state index contributed by atoms with van der Waals surface area (Å²) in [4.78, 5) is 31.2. The van der Waals surface area contributed by atoms with Crippen LogP contribution in [0.5, 0.6) is 0 Å². The number of rotatable bonds is 8. The van der Waals surface area contributed by atoms with Crippen molar-refractivity contribution in [3.8, 4) is 0 Å². The van der Waals surface area contributed by atoms with Gasteiger partial charge in [0.05, 0.1) is 26.1 Å². The van der Waals surface area contributed by atoms with Crippen LogP contribution in [0.3, 0.4) is 0 Å². The van der Waals surface area contributed by atoms with Crippen LogP contribution in [0.25, 0.3) is 9.69 Å². The number of ether oxygens (including phenoxy) is 2. The van der Waals surface area contributed by atoms with Gasteiger partial charge in [-0.1, -0.05) is 30.3 Å². The molecule has 1 aromatic carbocycles. The molecule has 0 heterocycles. The molecule has 0 aliphatic rings. The molecule has 24 heavy (non-hydrogen) atoms. The minimum atomic E-state index is -1.77. The molecule has 0 fully saturated rings. The fourth-order valence-electron chi connectivity index (χ4n) is 2.39. The first kappa shape index (κ1) is 19.2. The van der Waals surface area contributed by atoms with E-state index < -0.39 is 23.5 Å². The highest BCUT2D eigenvalue weighted by atomic mass is 16.5. The van der Waals surface area contributed by atoms with E-state index in [2.05, 4.69) is 9.69 Å². The summed E-state index contributed by atoms with van der Waals surface area (Å²) in [6, 6.07) is 7.58. The lowest BCUT2D eigenvalue weighted by Crippen LogP contribution is -2.42. The fraction of sp³-hybridized carbons (Fsp3) is 0.444. The van der Waals surface area contributed by atoms with Crippen molar-refractivity contribution in [2.24, 2.45) is 0 Å². The molecule has 0 spiro atoms. The first-order valence-corrected chi connectivity index (χ1v) is 7.68. The molecule has 6 nitrogen and oxygen atoms in total. The third-order valence-corrected chi connectivity index (χ3v) is 3.54. The standard InChI is InChI=1S/C18H20N2O4/c1-5-23-15(21)12-13-18(20-4,17(22)24-6-2)16(19-3)14-10-8-7-9-11-14/h7-11,16H,5-6,12-13H2,1-2H3. The Morgan fingerprint density at radius 1 is 1.12 bits per heavy atom. The Morgan fingerprint density at radius 2 is 1.75 bits per heavy atom. The molecule has 0 bridgehead atoms. The molecule has 0 aliphatic heterocycles. The Labute approximate surface area is 142 Å². The van der Waals surface area contributed by atoms with Crippen LogP contribution in [0.2, 0.25) is 0 Å². The summed E-state index contributed by atoms with van der Waals surface area (Å²) in [6.07, 6.45) is -0.260. The highest BCUT2D eigenvalue weighted by molar-refractivity contribution is 5.86. The zero-order chi connectivity index (χ0) is 18.0. The number of carbonyl (C=O) groups excluding carboxylic acids is 2. The highest BCUT2D eigenvalue weighted by Crippen LogP contribution is 2.38. The zero-order valence-corrected chi connectivity index (χ0v) is 13.8. The summed E-state index contributed by atoms with van der Waals surface area (Å²) in [5.74, 6) is -1.29. The maximum Gasteiger partial charge on any atom is 0.403 e. The van der Waals surface area contributed by atoms with E-state index in [1.54, 1.807) is 44.2 Å². The molecule has 0 aliphatic carbocycles. The minimum absolute atomic E-state index is 0.0923. The number of carbonyl (C=O) groups is 2. The average Bonchev–Trinajstić information content (AvgIpc) is 2.60. The molecule has 0 radical (unpaired) electrons.